The molecule has 31 heavy (non-hydrogen) atoms. The molecule has 0 amide bonds. The molecule has 1 heterocycles. The van der Waals surface area contributed by atoms with Crippen LogP contribution in [0.1, 0.15) is 31.4 Å². The maximum Gasteiger partial charge on any atom is 0.145 e. The average Bonchev–Trinajstić information content (AvgIpc) is 3.18. The van der Waals surface area contributed by atoms with E-state index < -0.39 is 6.10 Å². The Hall–Kier alpha value is -1.63. The molecule has 0 saturated carbocycles. The summed E-state index contributed by atoms with van der Waals surface area (Å²) in [6, 6.07) is 15.4. The minimum absolute atomic E-state index is 0.127. The van der Waals surface area contributed by atoms with Crippen molar-refractivity contribution in [2.75, 3.05) is 26.3 Å². The van der Waals surface area contributed by atoms with Gasteiger partial charge in [0.1, 0.15) is 6.10 Å². The Kier molecular flexibility index (Phi) is 9.17. The van der Waals surface area contributed by atoms with Crippen LogP contribution in [0.15, 0.2) is 53.7 Å². The van der Waals surface area contributed by atoms with Crippen molar-refractivity contribution in [3.8, 4) is 0 Å². The number of halogens is 2. The van der Waals surface area contributed by atoms with Crippen LogP contribution in [0, 0.1) is 5.92 Å². The molecule has 5 nitrogen and oxygen atoms in total. The van der Waals surface area contributed by atoms with E-state index in [4.69, 9.17) is 32.8 Å². The van der Waals surface area contributed by atoms with Crippen molar-refractivity contribution >= 4 is 28.9 Å². The number of benzene rings is 2. The molecule has 0 fully saturated rings. The molecule has 3 rings (SSSR count). The molecule has 0 bridgehead atoms. The van der Waals surface area contributed by atoms with E-state index in [2.05, 4.69) is 23.9 Å². The molecule has 1 aliphatic heterocycles. The van der Waals surface area contributed by atoms with E-state index in [1.165, 1.54) is 0 Å². The van der Waals surface area contributed by atoms with Crippen LogP contribution in [0.25, 0.3) is 0 Å². The summed E-state index contributed by atoms with van der Waals surface area (Å²) >= 11 is 12.7. The minimum Gasteiger partial charge on any atom is -0.390 e. The molecule has 7 heteroatoms. The third-order valence-corrected chi connectivity index (χ3v) is 5.66. The van der Waals surface area contributed by atoms with Crippen molar-refractivity contribution in [3.05, 3.63) is 69.7 Å². The van der Waals surface area contributed by atoms with Crippen molar-refractivity contribution in [2.45, 2.75) is 39.0 Å². The van der Waals surface area contributed by atoms with Crippen LogP contribution >= 0.6 is 23.2 Å². The maximum absolute atomic E-state index is 10.5. The molecule has 1 aliphatic rings. The number of hydrogen-bond acceptors (Lipinski definition) is 5. The fourth-order valence-corrected chi connectivity index (χ4v) is 3.97. The van der Waals surface area contributed by atoms with Crippen molar-refractivity contribution in [1.29, 1.82) is 0 Å². The Bertz CT molecular complexity index is 875. The lowest BCUT2D eigenvalue weighted by molar-refractivity contribution is -0.00733. The summed E-state index contributed by atoms with van der Waals surface area (Å²) in [6.07, 6.45) is -0.0768. The number of aliphatic hydroxyl groups excluding tert-OH is 1. The van der Waals surface area contributed by atoms with Gasteiger partial charge in [0.2, 0.25) is 0 Å². The third kappa shape index (κ3) is 7.48. The molecule has 0 aliphatic carbocycles. The first-order chi connectivity index (χ1) is 14.9. The summed E-state index contributed by atoms with van der Waals surface area (Å²) in [7, 11) is 0. The number of oxime groups is 1. The molecule has 2 aromatic rings. The predicted octanol–water partition coefficient (Wildman–Crippen LogP) is 5.02. The van der Waals surface area contributed by atoms with Gasteiger partial charge in [-0.05, 0) is 23.6 Å². The summed E-state index contributed by atoms with van der Waals surface area (Å²) in [5.74, 6) is 0.429. The van der Waals surface area contributed by atoms with Crippen LogP contribution in [0.5, 0.6) is 0 Å². The van der Waals surface area contributed by atoms with Crippen LogP contribution < -0.4 is 0 Å². The second-order valence-corrected chi connectivity index (χ2v) is 9.13. The molecular formula is C24H30Cl2N2O3. The average molecular weight is 465 g/mol. The van der Waals surface area contributed by atoms with Crippen LogP contribution in [-0.4, -0.2) is 54.2 Å². The highest BCUT2D eigenvalue weighted by atomic mass is 35.5. The first-order valence-electron chi connectivity index (χ1n) is 10.6. The first kappa shape index (κ1) is 24.0. The van der Waals surface area contributed by atoms with Crippen molar-refractivity contribution in [3.63, 3.8) is 0 Å². The van der Waals surface area contributed by atoms with Crippen molar-refractivity contribution < 1.29 is 14.7 Å². The molecule has 0 aromatic heterocycles. The molecule has 2 unspecified atom stereocenters. The molecule has 0 spiro atoms. The highest BCUT2D eigenvalue weighted by Crippen LogP contribution is 2.24. The van der Waals surface area contributed by atoms with Gasteiger partial charge in [0.25, 0.3) is 0 Å². The Morgan fingerprint density at radius 1 is 1.10 bits per heavy atom. The van der Waals surface area contributed by atoms with Gasteiger partial charge in [-0.15, -0.1) is 0 Å². The summed E-state index contributed by atoms with van der Waals surface area (Å²) in [5, 5.41) is 16.2. The molecule has 2 atom stereocenters. The first-order valence-corrected chi connectivity index (χ1v) is 11.4. The van der Waals surface area contributed by atoms with Gasteiger partial charge in [-0.3, -0.25) is 4.90 Å². The quantitative estimate of drug-likeness (QED) is 0.506. The van der Waals surface area contributed by atoms with E-state index in [0.29, 0.717) is 55.2 Å². The van der Waals surface area contributed by atoms with E-state index >= 15 is 0 Å². The monoisotopic (exact) mass is 464 g/mol. The molecule has 168 valence electrons. The number of ether oxygens (including phenoxy) is 1. The van der Waals surface area contributed by atoms with Gasteiger partial charge in [0.05, 0.1) is 18.4 Å². The molecule has 0 radical (unpaired) electrons. The lowest BCUT2D eigenvalue weighted by Gasteiger charge is -2.27. The third-order valence-electron chi connectivity index (χ3n) is 4.96. The van der Waals surface area contributed by atoms with Crippen LogP contribution in [0.3, 0.4) is 0 Å². The van der Waals surface area contributed by atoms with E-state index in [-0.39, 0.29) is 6.10 Å². The predicted molar refractivity (Wildman–Crippen MR) is 126 cm³/mol. The largest absolute Gasteiger partial charge is 0.390 e. The van der Waals surface area contributed by atoms with E-state index in [9.17, 15) is 5.11 Å². The smallest absolute Gasteiger partial charge is 0.145 e. The van der Waals surface area contributed by atoms with Gasteiger partial charge >= 0.3 is 0 Å². The van der Waals surface area contributed by atoms with E-state index in [0.717, 1.165) is 16.8 Å². The standard InChI is InChI=1S/C24H30Cl2N2O3/c1-17(2)15-30-16-19(29)13-28(12-18-7-3-5-9-22(18)25)14-20-11-24(27-31-20)21-8-4-6-10-23(21)26/h3-10,17,19-20,29H,11-16H2,1-2H3. The fourth-order valence-electron chi connectivity index (χ4n) is 3.53. The number of aliphatic hydroxyl groups is 1. The van der Waals surface area contributed by atoms with Gasteiger partial charge < -0.3 is 14.7 Å². The van der Waals surface area contributed by atoms with Gasteiger partial charge in [0.15, 0.2) is 0 Å². The molecule has 0 saturated heterocycles. The topological polar surface area (TPSA) is 54.3 Å². The second kappa shape index (κ2) is 11.8. The highest BCUT2D eigenvalue weighted by molar-refractivity contribution is 6.34. The zero-order valence-electron chi connectivity index (χ0n) is 18.0. The second-order valence-electron chi connectivity index (χ2n) is 8.32. The lowest BCUT2D eigenvalue weighted by atomic mass is 10.0. The van der Waals surface area contributed by atoms with Crippen LogP contribution in [-0.2, 0) is 16.1 Å². The van der Waals surface area contributed by atoms with Crippen molar-refractivity contribution in [1.82, 2.24) is 4.90 Å². The zero-order valence-corrected chi connectivity index (χ0v) is 19.5. The summed E-state index contributed by atoms with van der Waals surface area (Å²) < 4.78 is 5.62. The summed E-state index contributed by atoms with van der Waals surface area (Å²) in [4.78, 5) is 7.85. The Morgan fingerprint density at radius 3 is 2.52 bits per heavy atom. The van der Waals surface area contributed by atoms with Crippen LogP contribution in [0.4, 0.5) is 0 Å². The van der Waals surface area contributed by atoms with Crippen molar-refractivity contribution in [2.24, 2.45) is 11.1 Å². The summed E-state index contributed by atoms with van der Waals surface area (Å²) in [6.45, 7) is 6.75. The lowest BCUT2D eigenvalue weighted by Crippen LogP contribution is -2.39. The molecular weight excluding hydrogens is 435 g/mol. The van der Waals surface area contributed by atoms with E-state index in [1.54, 1.807) is 0 Å². The SMILES string of the molecule is CC(C)COCC(O)CN(Cc1ccccc1Cl)CC1CC(c2ccccc2Cl)=NO1. The van der Waals surface area contributed by atoms with Gasteiger partial charge in [0, 0.05) is 48.3 Å². The van der Waals surface area contributed by atoms with Gasteiger partial charge in [-0.1, -0.05) is 78.6 Å². The number of nitrogens with zero attached hydrogens (tertiary/aromatic N) is 2. The highest BCUT2D eigenvalue weighted by Gasteiger charge is 2.27. The summed E-state index contributed by atoms with van der Waals surface area (Å²) in [5.41, 5.74) is 2.74. The minimum atomic E-state index is -0.605. The Balaban J connectivity index is 1.62. The number of rotatable bonds is 11. The fraction of sp³-hybridized carbons (Fsp3) is 0.458. The van der Waals surface area contributed by atoms with Gasteiger partial charge in [-0.25, -0.2) is 0 Å². The zero-order chi connectivity index (χ0) is 22.2. The number of hydrogen-bond donors (Lipinski definition) is 1. The molecule has 1 N–H and O–H groups in total. The van der Waals surface area contributed by atoms with Gasteiger partial charge in [-0.2, -0.15) is 0 Å². The Labute approximate surface area is 194 Å². The van der Waals surface area contributed by atoms with Crippen LogP contribution in [0.2, 0.25) is 10.0 Å². The Morgan fingerprint density at radius 2 is 1.81 bits per heavy atom. The van der Waals surface area contributed by atoms with E-state index in [1.807, 2.05) is 48.5 Å². The molecule has 2 aromatic carbocycles. The normalized spacial score (nSPS) is 17.1. The maximum atomic E-state index is 10.5.